The number of hydrogen-bond donors (Lipinski definition) is 2. The van der Waals surface area contributed by atoms with Crippen molar-refractivity contribution < 1.29 is 19.4 Å². The summed E-state index contributed by atoms with van der Waals surface area (Å²) in [5, 5.41) is 12.7. The zero-order valence-electron chi connectivity index (χ0n) is 12.6. The highest BCUT2D eigenvalue weighted by Gasteiger charge is 2.36. The molecule has 1 aliphatic heterocycles. The zero-order valence-corrected chi connectivity index (χ0v) is 12.6. The van der Waals surface area contributed by atoms with E-state index in [1.54, 1.807) is 26.1 Å². The molecule has 1 unspecified atom stereocenters. The number of aliphatic hydroxyl groups is 1. The largest absolute Gasteiger partial charge is 0.388 e. The summed E-state index contributed by atoms with van der Waals surface area (Å²) >= 11 is 0. The molecular formula is C15H22N2O4. The molecule has 1 fully saturated rings. The van der Waals surface area contributed by atoms with E-state index in [-0.39, 0.29) is 12.5 Å². The third-order valence-electron chi connectivity index (χ3n) is 3.40. The summed E-state index contributed by atoms with van der Waals surface area (Å²) in [6.45, 7) is 6.01. The number of ether oxygens (including phenoxy) is 2. The third-order valence-corrected chi connectivity index (χ3v) is 3.40. The number of nitrogens with zero attached hydrogens (tertiary/aromatic N) is 1. The minimum absolute atomic E-state index is 0.0982. The molecule has 1 aromatic heterocycles. The summed E-state index contributed by atoms with van der Waals surface area (Å²) in [4.78, 5) is 16.0. The molecule has 21 heavy (non-hydrogen) atoms. The first-order chi connectivity index (χ1) is 9.91. The molecule has 1 aromatic rings. The van der Waals surface area contributed by atoms with E-state index in [1.165, 1.54) is 0 Å². The minimum atomic E-state index is -0.815. The Labute approximate surface area is 124 Å². The number of pyridine rings is 1. The van der Waals surface area contributed by atoms with Gasteiger partial charge < -0.3 is 19.9 Å². The van der Waals surface area contributed by atoms with Gasteiger partial charge in [0.05, 0.1) is 12.7 Å². The van der Waals surface area contributed by atoms with Crippen LogP contribution in [0, 0.1) is 0 Å². The van der Waals surface area contributed by atoms with Crippen molar-refractivity contribution in [3.05, 3.63) is 29.6 Å². The Morgan fingerprint density at radius 1 is 1.62 bits per heavy atom. The van der Waals surface area contributed by atoms with Crippen LogP contribution < -0.4 is 5.32 Å². The fourth-order valence-corrected chi connectivity index (χ4v) is 2.14. The topological polar surface area (TPSA) is 80.7 Å². The Kier molecular flexibility index (Phi) is 4.92. The summed E-state index contributed by atoms with van der Waals surface area (Å²) < 4.78 is 10.9. The number of carbonyl (C=O) groups excluding carboxylic acids is 1. The van der Waals surface area contributed by atoms with Crippen molar-refractivity contribution in [1.29, 1.82) is 0 Å². The normalized spacial score (nSPS) is 22.0. The van der Waals surface area contributed by atoms with Crippen LogP contribution in [-0.2, 0) is 15.9 Å². The van der Waals surface area contributed by atoms with Gasteiger partial charge >= 0.3 is 0 Å². The molecule has 0 aliphatic carbocycles. The number of rotatable bonds is 5. The van der Waals surface area contributed by atoms with Crippen LogP contribution in [0.2, 0.25) is 0 Å². The predicted molar refractivity (Wildman–Crippen MR) is 76.9 cm³/mol. The van der Waals surface area contributed by atoms with Gasteiger partial charge in [0, 0.05) is 12.7 Å². The highest BCUT2D eigenvalue weighted by atomic mass is 16.7. The quantitative estimate of drug-likeness (QED) is 0.843. The van der Waals surface area contributed by atoms with Crippen LogP contribution in [-0.4, -0.2) is 47.1 Å². The van der Waals surface area contributed by atoms with Gasteiger partial charge in [-0.05, 0) is 38.0 Å². The molecule has 0 bridgehead atoms. The predicted octanol–water partition coefficient (Wildman–Crippen LogP) is 0.886. The van der Waals surface area contributed by atoms with Crippen LogP contribution in [0.15, 0.2) is 18.3 Å². The maximum atomic E-state index is 12.0. The molecule has 2 rings (SSSR count). The number of aromatic nitrogens is 1. The van der Waals surface area contributed by atoms with Crippen molar-refractivity contribution in [1.82, 2.24) is 10.3 Å². The first-order valence-corrected chi connectivity index (χ1v) is 7.14. The van der Waals surface area contributed by atoms with E-state index in [2.05, 4.69) is 10.3 Å². The van der Waals surface area contributed by atoms with Crippen LogP contribution in [0.3, 0.4) is 0 Å². The van der Waals surface area contributed by atoms with Crippen molar-refractivity contribution in [3.8, 4) is 0 Å². The lowest BCUT2D eigenvalue weighted by Crippen LogP contribution is -2.41. The van der Waals surface area contributed by atoms with Gasteiger partial charge in [0.1, 0.15) is 11.8 Å². The number of aryl methyl sites for hydroxylation is 1. The van der Waals surface area contributed by atoms with E-state index < -0.39 is 18.0 Å². The maximum Gasteiger partial charge on any atom is 0.269 e. The second-order valence-corrected chi connectivity index (χ2v) is 5.55. The first kappa shape index (κ1) is 15.9. The van der Waals surface area contributed by atoms with E-state index in [4.69, 9.17) is 9.47 Å². The fraction of sp³-hybridized carbons (Fsp3) is 0.600. The molecule has 0 aromatic carbocycles. The van der Waals surface area contributed by atoms with Crippen LogP contribution in [0.25, 0.3) is 0 Å². The minimum Gasteiger partial charge on any atom is -0.388 e. The summed E-state index contributed by atoms with van der Waals surface area (Å²) in [5.41, 5.74) is 1.40. The van der Waals surface area contributed by atoms with Gasteiger partial charge in [0.25, 0.3) is 5.91 Å². The van der Waals surface area contributed by atoms with Gasteiger partial charge in [-0.1, -0.05) is 6.92 Å². The molecule has 0 radical (unpaired) electrons. The Balaban J connectivity index is 1.86. The van der Waals surface area contributed by atoms with Gasteiger partial charge in [0.2, 0.25) is 0 Å². The average molecular weight is 294 g/mol. The van der Waals surface area contributed by atoms with E-state index in [0.717, 1.165) is 12.0 Å². The van der Waals surface area contributed by atoms with Crippen molar-refractivity contribution in [2.45, 2.75) is 45.2 Å². The molecular weight excluding hydrogens is 272 g/mol. The Morgan fingerprint density at radius 3 is 3.00 bits per heavy atom. The average Bonchev–Trinajstić information content (AvgIpc) is 2.84. The maximum absolute atomic E-state index is 12.0. The fourth-order valence-electron chi connectivity index (χ4n) is 2.14. The molecule has 0 spiro atoms. The summed E-state index contributed by atoms with van der Waals surface area (Å²) in [5.74, 6) is -0.991. The lowest BCUT2D eigenvalue weighted by atomic mass is 10.1. The molecule has 1 aliphatic rings. The van der Waals surface area contributed by atoms with Gasteiger partial charge in [0.15, 0.2) is 5.79 Å². The van der Waals surface area contributed by atoms with Gasteiger partial charge in [-0.25, -0.2) is 0 Å². The molecule has 0 saturated carbocycles. The number of carbonyl (C=O) groups is 1. The monoisotopic (exact) mass is 294 g/mol. The molecule has 6 heteroatoms. The van der Waals surface area contributed by atoms with E-state index in [9.17, 15) is 9.90 Å². The summed E-state index contributed by atoms with van der Waals surface area (Å²) in [6, 6.07) is 3.62. The zero-order chi connectivity index (χ0) is 15.5. The van der Waals surface area contributed by atoms with E-state index in [1.807, 2.05) is 13.0 Å². The number of amides is 1. The molecule has 1 amide bonds. The SMILES string of the molecule is CCc1ccnc(C(=O)NCC(O)[C@H]2COC(C)(C)O2)c1. The van der Waals surface area contributed by atoms with Crippen molar-refractivity contribution in [3.63, 3.8) is 0 Å². The van der Waals surface area contributed by atoms with Gasteiger partial charge in [-0.2, -0.15) is 0 Å². The van der Waals surface area contributed by atoms with Gasteiger partial charge in [-0.3, -0.25) is 9.78 Å². The molecule has 2 N–H and O–H groups in total. The standard InChI is InChI=1S/C15H22N2O4/c1-4-10-5-6-16-11(7-10)14(19)17-8-12(18)13-9-20-15(2,3)21-13/h5-7,12-13,18H,4,8-9H2,1-3H3,(H,17,19)/t12?,13-/m1/s1. The summed E-state index contributed by atoms with van der Waals surface area (Å²) in [7, 11) is 0. The lowest BCUT2D eigenvalue weighted by molar-refractivity contribution is -0.150. The van der Waals surface area contributed by atoms with E-state index >= 15 is 0 Å². The molecule has 6 nitrogen and oxygen atoms in total. The highest BCUT2D eigenvalue weighted by molar-refractivity contribution is 5.92. The second kappa shape index (κ2) is 6.51. The summed E-state index contributed by atoms with van der Waals surface area (Å²) in [6.07, 6.45) is 1.20. The lowest BCUT2D eigenvalue weighted by Gasteiger charge is -2.20. The third kappa shape index (κ3) is 4.23. The van der Waals surface area contributed by atoms with Gasteiger partial charge in [-0.15, -0.1) is 0 Å². The first-order valence-electron chi connectivity index (χ1n) is 7.14. The smallest absolute Gasteiger partial charge is 0.269 e. The highest BCUT2D eigenvalue weighted by Crippen LogP contribution is 2.23. The van der Waals surface area contributed by atoms with Crippen LogP contribution >= 0.6 is 0 Å². The number of hydrogen-bond acceptors (Lipinski definition) is 5. The van der Waals surface area contributed by atoms with E-state index in [0.29, 0.717) is 12.3 Å². The second-order valence-electron chi connectivity index (χ2n) is 5.55. The molecule has 2 heterocycles. The number of aliphatic hydroxyl groups excluding tert-OH is 1. The van der Waals surface area contributed by atoms with Crippen LogP contribution in [0.4, 0.5) is 0 Å². The van der Waals surface area contributed by atoms with Crippen LogP contribution in [0.1, 0.15) is 36.8 Å². The molecule has 116 valence electrons. The Morgan fingerprint density at radius 2 is 2.38 bits per heavy atom. The number of nitrogens with one attached hydrogen (secondary N) is 1. The van der Waals surface area contributed by atoms with Crippen molar-refractivity contribution in [2.75, 3.05) is 13.2 Å². The molecule has 2 atom stereocenters. The Bertz CT molecular complexity index is 504. The van der Waals surface area contributed by atoms with Crippen molar-refractivity contribution in [2.24, 2.45) is 0 Å². The van der Waals surface area contributed by atoms with Crippen LogP contribution in [0.5, 0.6) is 0 Å². The Hall–Kier alpha value is -1.50. The molecule has 1 saturated heterocycles. The van der Waals surface area contributed by atoms with Crippen molar-refractivity contribution >= 4 is 5.91 Å².